The maximum absolute atomic E-state index is 13.4. The number of halogens is 1. The number of benzene rings is 2. The highest BCUT2D eigenvalue weighted by Crippen LogP contribution is 2.37. The van der Waals surface area contributed by atoms with Crippen molar-refractivity contribution in [3.8, 4) is 11.5 Å². The Morgan fingerprint density at radius 1 is 0.941 bits per heavy atom. The largest absolute Gasteiger partial charge is 0.496 e. The number of piperidine rings is 2. The van der Waals surface area contributed by atoms with Crippen molar-refractivity contribution in [2.45, 2.75) is 38.5 Å². The molecule has 2 aliphatic heterocycles. The quantitative estimate of drug-likeness (QED) is 0.599. The van der Waals surface area contributed by atoms with Gasteiger partial charge in [-0.15, -0.1) is 0 Å². The maximum atomic E-state index is 13.4. The van der Waals surface area contributed by atoms with Crippen LogP contribution in [0.3, 0.4) is 0 Å². The Kier molecular flexibility index (Phi) is 7.70. The molecule has 0 bridgehead atoms. The van der Waals surface area contributed by atoms with Crippen molar-refractivity contribution in [3.63, 3.8) is 0 Å². The van der Waals surface area contributed by atoms with E-state index in [1.165, 1.54) is 12.1 Å². The molecule has 2 heterocycles. The molecule has 0 aliphatic carbocycles. The molecule has 0 N–H and O–H groups in total. The maximum Gasteiger partial charge on any atom is 0.257 e. The average Bonchev–Trinajstić information content (AvgIpc) is 2.88. The Balaban J connectivity index is 1.54. The van der Waals surface area contributed by atoms with Gasteiger partial charge >= 0.3 is 0 Å². The van der Waals surface area contributed by atoms with Crippen LogP contribution in [-0.4, -0.2) is 61.5 Å². The van der Waals surface area contributed by atoms with Crippen molar-refractivity contribution in [3.05, 3.63) is 59.9 Å². The molecule has 34 heavy (non-hydrogen) atoms. The van der Waals surface area contributed by atoms with Crippen molar-refractivity contribution in [1.29, 1.82) is 0 Å². The lowest BCUT2D eigenvalue weighted by Crippen LogP contribution is -2.51. The molecule has 2 fully saturated rings. The third-order valence-corrected chi connectivity index (χ3v) is 6.88. The van der Waals surface area contributed by atoms with E-state index in [0.29, 0.717) is 36.6 Å². The Morgan fingerprint density at radius 2 is 1.65 bits per heavy atom. The highest BCUT2D eigenvalue weighted by Gasteiger charge is 2.41. The summed E-state index contributed by atoms with van der Waals surface area (Å²) in [5.74, 6) is 0.784. The second-order valence-corrected chi connectivity index (χ2v) is 9.39. The van der Waals surface area contributed by atoms with Crippen LogP contribution in [0, 0.1) is 11.2 Å². The Bertz CT molecular complexity index is 990. The predicted octanol–water partition coefficient (Wildman–Crippen LogP) is 4.54. The van der Waals surface area contributed by atoms with E-state index in [4.69, 9.17) is 9.47 Å². The molecule has 2 saturated heterocycles. The normalized spacial score (nSPS) is 20.6. The molecule has 1 atom stereocenters. The minimum atomic E-state index is -0.515. The fourth-order valence-corrected chi connectivity index (χ4v) is 5.03. The van der Waals surface area contributed by atoms with Crippen LogP contribution >= 0.6 is 0 Å². The van der Waals surface area contributed by atoms with Gasteiger partial charge in [-0.05, 0) is 68.5 Å². The van der Waals surface area contributed by atoms with E-state index in [2.05, 4.69) is 0 Å². The van der Waals surface area contributed by atoms with Crippen molar-refractivity contribution in [2.24, 2.45) is 5.41 Å². The second kappa shape index (κ2) is 10.9. The molecular weight excluding hydrogens is 435 g/mol. The molecular formula is C27H33FN2O4. The standard InChI is InChI=1S/C27H33FN2O4/c1-33-24-9-4-3-8-23(24)26(32)30-17-7-14-27(19-30,18-25(31)29-15-5-2-6-16-29)20-34-22-12-10-21(28)11-13-22/h3-4,8-13H,2,5-7,14-20H2,1H3/t27-/m1/s1. The summed E-state index contributed by atoms with van der Waals surface area (Å²) < 4.78 is 24.8. The molecule has 6 nitrogen and oxygen atoms in total. The third kappa shape index (κ3) is 5.69. The summed E-state index contributed by atoms with van der Waals surface area (Å²) in [5, 5.41) is 0. The number of para-hydroxylation sites is 1. The van der Waals surface area contributed by atoms with Gasteiger partial charge in [-0.3, -0.25) is 9.59 Å². The Labute approximate surface area is 200 Å². The van der Waals surface area contributed by atoms with Gasteiger partial charge in [-0.2, -0.15) is 0 Å². The molecule has 2 aromatic rings. The highest BCUT2D eigenvalue weighted by molar-refractivity contribution is 5.97. The van der Waals surface area contributed by atoms with Crippen LogP contribution in [0.1, 0.15) is 48.9 Å². The molecule has 2 amide bonds. The highest BCUT2D eigenvalue weighted by atomic mass is 19.1. The van der Waals surface area contributed by atoms with Gasteiger partial charge in [0.25, 0.3) is 5.91 Å². The zero-order valence-corrected chi connectivity index (χ0v) is 19.8. The van der Waals surface area contributed by atoms with Crippen molar-refractivity contribution < 1.29 is 23.5 Å². The predicted molar refractivity (Wildman–Crippen MR) is 128 cm³/mol. The SMILES string of the molecule is COc1ccccc1C(=O)N1CCC[C@@](COc2ccc(F)cc2)(CC(=O)N2CCCCC2)C1. The van der Waals surface area contributed by atoms with E-state index in [1.54, 1.807) is 31.4 Å². The van der Waals surface area contributed by atoms with Crippen LogP contribution < -0.4 is 9.47 Å². The lowest BCUT2D eigenvalue weighted by atomic mass is 9.77. The smallest absolute Gasteiger partial charge is 0.257 e. The molecule has 4 rings (SSSR count). The molecule has 0 radical (unpaired) electrons. The molecule has 0 saturated carbocycles. The van der Waals surface area contributed by atoms with Gasteiger partial charge in [0.1, 0.15) is 17.3 Å². The monoisotopic (exact) mass is 468 g/mol. The topological polar surface area (TPSA) is 59.1 Å². The Morgan fingerprint density at radius 3 is 2.38 bits per heavy atom. The van der Waals surface area contributed by atoms with Crippen LogP contribution in [0.25, 0.3) is 0 Å². The average molecular weight is 469 g/mol. The van der Waals surface area contributed by atoms with Crippen molar-refractivity contribution >= 4 is 11.8 Å². The van der Waals surface area contributed by atoms with Crippen LogP contribution in [0.5, 0.6) is 11.5 Å². The first-order valence-electron chi connectivity index (χ1n) is 12.1. The summed E-state index contributed by atoms with van der Waals surface area (Å²) in [5.41, 5.74) is 0.00127. The zero-order valence-electron chi connectivity index (χ0n) is 19.8. The Hall–Kier alpha value is -3.09. The van der Waals surface area contributed by atoms with E-state index >= 15 is 0 Å². The number of rotatable bonds is 7. The first-order valence-corrected chi connectivity index (χ1v) is 12.1. The summed E-state index contributed by atoms with van der Waals surface area (Å²) in [7, 11) is 1.56. The number of ether oxygens (including phenoxy) is 2. The van der Waals surface area contributed by atoms with Gasteiger partial charge in [0.15, 0.2) is 0 Å². The first-order chi connectivity index (χ1) is 16.5. The number of methoxy groups -OCH3 is 1. The number of likely N-dealkylation sites (tertiary alicyclic amines) is 2. The van der Waals surface area contributed by atoms with Crippen LogP contribution in [0.15, 0.2) is 48.5 Å². The van der Waals surface area contributed by atoms with Gasteiger partial charge in [-0.1, -0.05) is 12.1 Å². The molecule has 2 aliphatic rings. The second-order valence-electron chi connectivity index (χ2n) is 9.39. The lowest BCUT2D eigenvalue weighted by molar-refractivity contribution is -0.136. The third-order valence-electron chi connectivity index (χ3n) is 6.88. The fourth-order valence-electron chi connectivity index (χ4n) is 5.03. The van der Waals surface area contributed by atoms with E-state index in [9.17, 15) is 14.0 Å². The number of hydrogen-bond donors (Lipinski definition) is 0. The van der Waals surface area contributed by atoms with E-state index < -0.39 is 5.41 Å². The number of hydrogen-bond acceptors (Lipinski definition) is 4. The summed E-state index contributed by atoms with van der Waals surface area (Å²) in [4.78, 5) is 30.5. The van der Waals surface area contributed by atoms with Crippen molar-refractivity contribution in [2.75, 3.05) is 39.9 Å². The van der Waals surface area contributed by atoms with E-state index in [-0.39, 0.29) is 24.2 Å². The summed E-state index contributed by atoms with van der Waals surface area (Å²) in [6.45, 7) is 2.90. The van der Waals surface area contributed by atoms with Crippen molar-refractivity contribution in [1.82, 2.24) is 9.80 Å². The zero-order chi connectivity index (χ0) is 24.0. The molecule has 0 unspecified atom stereocenters. The van der Waals surface area contributed by atoms with E-state index in [0.717, 1.165) is 45.2 Å². The van der Waals surface area contributed by atoms with Crippen LogP contribution in [-0.2, 0) is 4.79 Å². The molecule has 0 aromatic heterocycles. The number of carbonyl (C=O) groups excluding carboxylic acids is 2. The summed E-state index contributed by atoms with van der Waals surface area (Å²) in [6, 6.07) is 13.1. The lowest BCUT2D eigenvalue weighted by Gasteiger charge is -2.43. The van der Waals surface area contributed by atoms with Gasteiger partial charge in [0.2, 0.25) is 5.91 Å². The van der Waals surface area contributed by atoms with Crippen LogP contribution in [0.4, 0.5) is 4.39 Å². The molecule has 0 spiro atoms. The minimum Gasteiger partial charge on any atom is -0.496 e. The minimum absolute atomic E-state index is 0.103. The molecule has 182 valence electrons. The van der Waals surface area contributed by atoms with Gasteiger partial charge in [0, 0.05) is 38.0 Å². The number of nitrogens with zero attached hydrogens (tertiary/aromatic N) is 2. The van der Waals surface area contributed by atoms with Gasteiger partial charge < -0.3 is 19.3 Å². The number of carbonyl (C=O) groups is 2. The molecule has 2 aromatic carbocycles. The fraction of sp³-hybridized carbons (Fsp3) is 0.481. The molecule has 7 heteroatoms. The van der Waals surface area contributed by atoms with Gasteiger partial charge in [0.05, 0.1) is 19.3 Å². The van der Waals surface area contributed by atoms with Gasteiger partial charge in [-0.25, -0.2) is 4.39 Å². The summed E-state index contributed by atoms with van der Waals surface area (Å²) in [6.07, 6.45) is 5.10. The summed E-state index contributed by atoms with van der Waals surface area (Å²) >= 11 is 0. The number of amides is 2. The first kappa shape index (κ1) is 24.0. The van der Waals surface area contributed by atoms with E-state index in [1.807, 2.05) is 21.9 Å². The van der Waals surface area contributed by atoms with Crippen LogP contribution in [0.2, 0.25) is 0 Å².